The molecule has 0 saturated carbocycles. The largest absolute Gasteiger partial charge is 0.475 e. The normalized spacial score (nSPS) is 12.2. The summed E-state index contributed by atoms with van der Waals surface area (Å²) < 4.78 is 0. The van der Waals surface area contributed by atoms with Crippen LogP contribution in [0.25, 0.3) is 0 Å². The molecule has 124 valence electrons. The van der Waals surface area contributed by atoms with Crippen molar-refractivity contribution in [2.75, 3.05) is 11.5 Å². The smallest absolute Gasteiger partial charge is 0.373 e. The molecule has 0 aromatic carbocycles. The maximum atomic E-state index is 10.9. The standard InChI is InChI=1S/C18H28O3S/c1-14(2)7-5-8-15(3)9-6-10-16(4)11-12-22-13-17(19)18(20)21/h7,9,11H,5-6,8,10,12-13H2,1-4H3,(H,20,21). The van der Waals surface area contributed by atoms with E-state index in [4.69, 9.17) is 5.11 Å². The van der Waals surface area contributed by atoms with Crippen molar-refractivity contribution in [2.24, 2.45) is 0 Å². The van der Waals surface area contributed by atoms with Gasteiger partial charge < -0.3 is 5.11 Å². The van der Waals surface area contributed by atoms with Gasteiger partial charge in [-0.15, -0.1) is 11.8 Å². The fourth-order valence-electron chi connectivity index (χ4n) is 1.75. The van der Waals surface area contributed by atoms with Gasteiger partial charge in [-0.1, -0.05) is 34.9 Å². The van der Waals surface area contributed by atoms with E-state index in [1.165, 1.54) is 28.5 Å². The molecule has 0 atom stereocenters. The number of carbonyl (C=O) groups is 2. The summed E-state index contributed by atoms with van der Waals surface area (Å²) in [5.41, 5.74) is 4.07. The first kappa shape index (κ1) is 20.7. The highest BCUT2D eigenvalue weighted by Crippen LogP contribution is 2.12. The molecule has 0 unspecified atom stereocenters. The second-order valence-electron chi connectivity index (χ2n) is 5.70. The summed E-state index contributed by atoms with van der Waals surface area (Å²) in [4.78, 5) is 21.3. The van der Waals surface area contributed by atoms with Gasteiger partial charge in [0.15, 0.2) is 0 Å². The maximum Gasteiger partial charge on any atom is 0.373 e. The zero-order chi connectivity index (χ0) is 17.0. The Morgan fingerprint density at radius 3 is 2.00 bits per heavy atom. The fraction of sp³-hybridized carbons (Fsp3) is 0.556. The van der Waals surface area contributed by atoms with Crippen LogP contribution in [0.4, 0.5) is 0 Å². The quantitative estimate of drug-likeness (QED) is 0.337. The highest BCUT2D eigenvalue weighted by atomic mass is 32.2. The van der Waals surface area contributed by atoms with E-state index in [2.05, 4.69) is 45.9 Å². The number of rotatable bonds is 11. The minimum absolute atomic E-state index is 0.0441. The molecule has 0 saturated heterocycles. The molecule has 0 aromatic rings. The van der Waals surface area contributed by atoms with Gasteiger partial charge >= 0.3 is 5.97 Å². The number of hydrogen-bond acceptors (Lipinski definition) is 3. The van der Waals surface area contributed by atoms with Crippen LogP contribution in [0, 0.1) is 0 Å². The molecule has 0 radical (unpaired) electrons. The molecule has 3 nitrogen and oxygen atoms in total. The van der Waals surface area contributed by atoms with Gasteiger partial charge in [0.25, 0.3) is 0 Å². The van der Waals surface area contributed by atoms with Crippen molar-refractivity contribution < 1.29 is 14.7 Å². The van der Waals surface area contributed by atoms with Crippen molar-refractivity contribution in [2.45, 2.75) is 53.4 Å². The Balaban J connectivity index is 3.89. The third-order valence-electron chi connectivity index (χ3n) is 3.14. The average Bonchev–Trinajstić information content (AvgIpc) is 2.42. The SMILES string of the molecule is CC(C)=CCCC(C)=CCCC(C)=CCSCC(=O)C(=O)O. The van der Waals surface area contributed by atoms with Crippen LogP contribution in [-0.2, 0) is 9.59 Å². The molecule has 1 N–H and O–H groups in total. The van der Waals surface area contributed by atoms with Crippen molar-refractivity contribution in [1.82, 2.24) is 0 Å². The molecule has 0 bridgehead atoms. The van der Waals surface area contributed by atoms with Crippen molar-refractivity contribution in [1.29, 1.82) is 0 Å². The van der Waals surface area contributed by atoms with Gasteiger partial charge in [0.1, 0.15) is 0 Å². The fourth-order valence-corrected chi connectivity index (χ4v) is 2.58. The Bertz CT molecular complexity index is 455. The zero-order valence-corrected chi connectivity index (χ0v) is 15.0. The van der Waals surface area contributed by atoms with Crippen LogP contribution in [0.5, 0.6) is 0 Å². The lowest BCUT2D eigenvalue weighted by Crippen LogP contribution is -2.14. The lowest BCUT2D eigenvalue weighted by Gasteiger charge is -2.01. The molecule has 0 spiro atoms. The second-order valence-corrected chi connectivity index (χ2v) is 6.73. The predicted octanol–water partition coefficient (Wildman–Crippen LogP) is 4.79. The minimum Gasteiger partial charge on any atom is -0.475 e. The summed E-state index contributed by atoms with van der Waals surface area (Å²) in [7, 11) is 0. The third-order valence-corrected chi connectivity index (χ3v) is 4.01. The van der Waals surface area contributed by atoms with Gasteiger partial charge in [0, 0.05) is 5.75 Å². The first-order chi connectivity index (χ1) is 10.3. The van der Waals surface area contributed by atoms with Crippen LogP contribution in [-0.4, -0.2) is 28.4 Å². The van der Waals surface area contributed by atoms with E-state index >= 15 is 0 Å². The summed E-state index contributed by atoms with van der Waals surface area (Å²) in [6, 6.07) is 0. The van der Waals surface area contributed by atoms with Gasteiger partial charge in [-0.2, -0.15) is 0 Å². The highest BCUT2D eigenvalue weighted by molar-refractivity contribution is 8.00. The molecule has 0 amide bonds. The van der Waals surface area contributed by atoms with Gasteiger partial charge in [0.2, 0.25) is 5.78 Å². The summed E-state index contributed by atoms with van der Waals surface area (Å²) in [6.07, 6.45) is 10.9. The Morgan fingerprint density at radius 2 is 1.45 bits per heavy atom. The van der Waals surface area contributed by atoms with Crippen LogP contribution < -0.4 is 0 Å². The summed E-state index contributed by atoms with van der Waals surface area (Å²) in [5, 5.41) is 8.46. The number of carbonyl (C=O) groups excluding carboxylic acids is 1. The number of allylic oxidation sites excluding steroid dienone is 5. The van der Waals surface area contributed by atoms with Crippen molar-refractivity contribution >= 4 is 23.5 Å². The molecule has 0 heterocycles. The van der Waals surface area contributed by atoms with E-state index in [0.717, 1.165) is 25.7 Å². The molecule has 0 aliphatic carbocycles. The summed E-state index contributed by atoms with van der Waals surface area (Å²) in [6.45, 7) is 8.49. The highest BCUT2D eigenvalue weighted by Gasteiger charge is 2.09. The number of Topliss-reactive ketones (excluding diaryl/α,β-unsaturated/α-hetero) is 1. The number of carboxylic acids is 1. The monoisotopic (exact) mass is 324 g/mol. The topological polar surface area (TPSA) is 54.4 Å². The number of carboxylic acid groups (broad SMARTS) is 1. The number of aliphatic carboxylic acids is 1. The molecule has 0 fully saturated rings. The number of thioether (sulfide) groups is 1. The van der Waals surface area contributed by atoms with Crippen molar-refractivity contribution in [3.05, 3.63) is 34.9 Å². The Labute approximate surface area is 138 Å². The van der Waals surface area contributed by atoms with Gasteiger partial charge in [-0.05, 0) is 53.4 Å². The minimum atomic E-state index is -1.35. The molecular weight excluding hydrogens is 296 g/mol. The summed E-state index contributed by atoms with van der Waals surface area (Å²) in [5.74, 6) is -1.34. The molecule has 0 aromatic heterocycles. The number of ketones is 1. The summed E-state index contributed by atoms with van der Waals surface area (Å²) >= 11 is 1.34. The van der Waals surface area contributed by atoms with Crippen LogP contribution >= 0.6 is 11.8 Å². The zero-order valence-electron chi connectivity index (χ0n) is 14.1. The molecule has 0 aliphatic heterocycles. The Kier molecular flexibility index (Phi) is 11.6. The molecular formula is C18H28O3S. The van der Waals surface area contributed by atoms with E-state index in [0.29, 0.717) is 5.75 Å². The van der Waals surface area contributed by atoms with E-state index in [1.54, 1.807) is 0 Å². The van der Waals surface area contributed by atoms with Crippen LogP contribution in [0.2, 0.25) is 0 Å². The number of hydrogen-bond donors (Lipinski definition) is 1. The first-order valence-electron chi connectivity index (χ1n) is 7.61. The maximum absolute atomic E-state index is 10.9. The van der Waals surface area contributed by atoms with Gasteiger partial charge in [-0.3, -0.25) is 4.79 Å². The van der Waals surface area contributed by atoms with Crippen molar-refractivity contribution in [3.8, 4) is 0 Å². The van der Waals surface area contributed by atoms with E-state index in [1.807, 2.05) is 0 Å². The Hall–Kier alpha value is -1.29. The van der Waals surface area contributed by atoms with E-state index in [-0.39, 0.29) is 5.75 Å². The third kappa shape index (κ3) is 12.5. The Morgan fingerprint density at radius 1 is 0.909 bits per heavy atom. The van der Waals surface area contributed by atoms with Crippen LogP contribution in [0.1, 0.15) is 53.4 Å². The van der Waals surface area contributed by atoms with Gasteiger partial charge in [0.05, 0.1) is 5.75 Å². The lowest BCUT2D eigenvalue weighted by molar-refractivity contribution is -0.147. The molecule has 22 heavy (non-hydrogen) atoms. The van der Waals surface area contributed by atoms with Crippen molar-refractivity contribution in [3.63, 3.8) is 0 Å². The predicted molar refractivity (Wildman–Crippen MR) is 95.4 cm³/mol. The van der Waals surface area contributed by atoms with E-state index in [9.17, 15) is 9.59 Å². The molecule has 0 aliphatic rings. The molecule has 4 heteroatoms. The first-order valence-corrected chi connectivity index (χ1v) is 8.77. The van der Waals surface area contributed by atoms with Gasteiger partial charge in [-0.25, -0.2) is 4.79 Å². The molecule has 0 rings (SSSR count). The lowest BCUT2D eigenvalue weighted by atomic mass is 10.1. The average molecular weight is 324 g/mol. The van der Waals surface area contributed by atoms with Crippen LogP contribution in [0.15, 0.2) is 34.9 Å². The van der Waals surface area contributed by atoms with Crippen LogP contribution in [0.3, 0.4) is 0 Å². The second kappa shape index (κ2) is 12.3. The van der Waals surface area contributed by atoms with E-state index < -0.39 is 11.8 Å².